The van der Waals surface area contributed by atoms with Gasteiger partial charge in [-0.3, -0.25) is 4.57 Å². The van der Waals surface area contributed by atoms with E-state index in [1.165, 1.54) is 0 Å². The molecule has 0 unspecified atom stereocenters. The number of hydrogen-bond acceptors (Lipinski definition) is 8. The summed E-state index contributed by atoms with van der Waals surface area (Å²) in [4.78, 5) is 0. The molecule has 6 rings (SSSR count). The Morgan fingerprint density at radius 1 is 0.424 bits per heavy atom. The van der Waals surface area contributed by atoms with Gasteiger partial charge in [0.2, 0.25) is 23.4 Å². The molecule has 158 valence electrons. The highest BCUT2D eigenvalue weighted by Crippen LogP contribution is 2.30. The molecule has 0 saturated carbocycles. The van der Waals surface area contributed by atoms with Crippen molar-refractivity contribution in [2.75, 3.05) is 0 Å². The van der Waals surface area contributed by atoms with Gasteiger partial charge >= 0.3 is 0 Å². The summed E-state index contributed by atoms with van der Waals surface area (Å²) < 4.78 is 13.6. The van der Waals surface area contributed by atoms with Crippen molar-refractivity contribution < 1.29 is 8.83 Å². The molecule has 0 aliphatic carbocycles. The molecule has 0 saturated heterocycles. The normalized spacial score (nSPS) is 11.0. The Morgan fingerprint density at radius 3 is 1.27 bits per heavy atom. The van der Waals surface area contributed by atoms with E-state index in [1.807, 2.05) is 91.0 Å². The van der Waals surface area contributed by atoms with Crippen LogP contribution in [0.25, 0.3) is 52.0 Å². The molecule has 0 aliphatic heterocycles. The van der Waals surface area contributed by atoms with Crippen LogP contribution in [0.3, 0.4) is 0 Å². The Hall–Kier alpha value is -4.92. The first-order valence-electron chi connectivity index (χ1n) is 10.2. The SMILES string of the molecule is c1ccc(-c2nnc(-c3nnc(-c4nnc(-c5ccccc5)o4)n3-c3ccccc3)o2)cc1. The lowest BCUT2D eigenvalue weighted by Gasteiger charge is -2.06. The number of hydrogen-bond donors (Lipinski definition) is 0. The number of benzene rings is 3. The van der Waals surface area contributed by atoms with Crippen LogP contribution in [0.1, 0.15) is 0 Å². The standard InChI is InChI=1S/C24H15N7O2/c1-4-10-16(11-5-1)21-27-29-23(32-21)19-25-26-20(31(19)18-14-8-3-9-15-18)24-30-28-22(33-24)17-12-6-2-7-13-17/h1-15H. The fourth-order valence-electron chi connectivity index (χ4n) is 3.40. The number of rotatable bonds is 5. The van der Waals surface area contributed by atoms with Crippen molar-refractivity contribution in [3.63, 3.8) is 0 Å². The summed E-state index contributed by atoms with van der Waals surface area (Å²) in [5, 5.41) is 25.4. The number of aromatic nitrogens is 7. The Bertz CT molecular complexity index is 1410. The molecule has 9 heteroatoms. The van der Waals surface area contributed by atoms with Crippen molar-refractivity contribution in [2.45, 2.75) is 0 Å². The molecular weight excluding hydrogens is 418 g/mol. The first-order chi connectivity index (χ1) is 16.4. The Balaban J connectivity index is 1.47. The van der Waals surface area contributed by atoms with Crippen LogP contribution in [0.5, 0.6) is 0 Å². The van der Waals surface area contributed by atoms with E-state index in [-0.39, 0.29) is 11.8 Å². The highest BCUT2D eigenvalue weighted by molar-refractivity contribution is 5.60. The maximum atomic E-state index is 5.93. The minimum atomic E-state index is 0.222. The second-order valence-corrected chi connectivity index (χ2v) is 7.07. The minimum Gasteiger partial charge on any atom is -0.413 e. The third-order valence-electron chi connectivity index (χ3n) is 4.95. The third-order valence-corrected chi connectivity index (χ3v) is 4.95. The van der Waals surface area contributed by atoms with E-state index in [9.17, 15) is 0 Å². The fraction of sp³-hybridized carbons (Fsp3) is 0. The van der Waals surface area contributed by atoms with Gasteiger partial charge in [0.05, 0.1) is 0 Å². The van der Waals surface area contributed by atoms with Crippen LogP contribution in [0, 0.1) is 0 Å². The summed E-state index contributed by atoms with van der Waals surface area (Å²) in [5.74, 6) is 1.95. The van der Waals surface area contributed by atoms with Crippen LogP contribution in [0.15, 0.2) is 99.8 Å². The van der Waals surface area contributed by atoms with Crippen LogP contribution in [-0.2, 0) is 0 Å². The summed E-state index contributed by atoms with van der Waals surface area (Å²) >= 11 is 0. The Morgan fingerprint density at radius 2 is 0.818 bits per heavy atom. The van der Waals surface area contributed by atoms with E-state index in [0.29, 0.717) is 23.4 Å². The number of nitrogens with zero attached hydrogens (tertiary/aromatic N) is 7. The number of para-hydroxylation sites is 1. The molecule has 0 radical (unpaired) electrons. The predicted molar refractivity (Wildman–Crippen MR) is 119 cm³/mol. The van der Waals surface area contributed by atoms with Gasteiger partial charge in [0.1, 0.15) is 0 Å². The van der Waals surface area contributed by atoms with Crippen molar-refractivity contribution in [3.8, 4) is 52.0 Å². The van der Waals surface area contributed by atoms with Crippen molar-refractivity contribution in [3.05, 3.63) is 91.0 Å². The molecule has 0 spiro atoms. The summed E-state index contributed by atoms with van der Waals surface area (Å²) in [6.45, 7) is 0. The second kappa shape index (κ2) is 7.97. The lowest BCUT2D eigenvalue weighted by Crippen LogP contribution is -2.00. The van der Waals surface area contributed by atoms with Gasteiger partial charge in [0, 0.05) is 16.8 Å². The smallest absolute Gasteiger partial charge is 0.286 e. The quantitative estimate of drug-likeness (QED) is 0.385. The molecule has 0 atom stereocenters. The fourth-order valence-corrected chi connectivity index (χ4v) is 3.40. The maximum Gasteiger partial charge on any atom is 0.286 e. The molecule has 0 fully saturated rings. The highest BCUT2D eigenvalue weighted by Gasteiger charge is 2.25. The van der Waals surface area contributed by atoms with Gasteiger partial charge in [-0.2, -0.15) is 0 Å². The molecule has 3 aromatic carbocycles. The molecule has 3 heterocycles. The average molecular weight is 433 g/mol. The zero-order valence-electron chi connectivity index (χ0n) is 17.1. The third kappa shape index (κ3) is 3.47. The monoisotopic (exact) mass is 433 g/mol. The minimum absolute atomic E-state index is 0.222. The predicted octanol–water partition coefficient (Wildman–Crippen LogP) is 4.70. The highest BCUT2D eigenvalue weighted by atomic mass is 16.4. The van der Waals surface area contributed by atoms with E-state index in [2.05, 4.69) is 30.6 Å². The molecule has 0 amide bonds. The molecule has 3 aromatic heterocycles. The van der Waals surface area contributed by atoms with Gasteiger partial charge in [-0.25, -0.2) is 0 Å². The molecule has 33 heavy (non-hydrogen) atoms. The lowest BCUT2D eigenvalue weighted by atomic mass is 10.2. The molecule has 0 N–H and O–H groups in total. The van der Waals surface area contributed by atoms with E-state index < -0.39 is 0 Å². The summed E-state index contributed by atoms with van der Waals surface area (Å²) in [6, 6.07) is 28.6. The van der Waals surface area contributed by atoms with Crippen LogP contribution in [0.2, 0.25) is 0 Å². The maximum absolute atomic E-state index is 5.93. The van der Waals surface area contributed by atoms with E-state index in [1.54, 1.807) is 4.57 Å². The van der Waals surface area contributed by atoms with Gasteiger partial charge < -0.3 is 8.83 Å². The topological polar surface area (TPSA) is 109 Å². The van der Waals surface area contributed by atoms with Gasteiger partial charge in [-0.1, -0.05) is 54.6 Å². The van der Waals surface area contributed by atoms with Gasteiger partial charge in [-0.15, -0.1) is 30.6 Å². The van der Waals surface area contributed by atoms with E-state index in [4.69, 9.17) is 8.83 Å². The summed E-state index contributed by atoms with van der Waals surface area (Å²) in [5.41, 5.74) is 2.41. The Labute approximate surface area is 187 Å². The van der Waals surface area contributed by atoms with Crippen molar-refractivity contribution in [1.82, 2.24) is 35.2 Å². The first kappa shape index (κ1) is 18.8. The van der Waals surface area contributed by atoms with Crippen molar-refractivity contribution >= 4 is 0 Å². The van der Waals surface area contributed by atoms with E-state index in [0.717, 1.165) is 16.8 Å². The Kier molecular flexibility index (Phi) is 4.54. The van der Waals surface area contributed by atoms with E-state index >= 15 is 0 Å². The van der Waals surface area contributed by atoms with Gasteiger partial charge in [-0.05, 0) is 36.4 Å². The zero-order chi connectivity index (χ0) is 22.0. The summed E-state index contributed by atoms with van der Waals surface area (Å²) in [6.07, 6.45) is 0. The summed E-state index contributed by atoms with van der Waals surface area (Å²) in [7, 11) is 0. The largest absolute Gasteiger partial charge is 0.413 e. The lowest BCUT2D eigenvalue weighted by molar-refractivity contribution is 0.574. The molecule has 9 nitrogen and oxygen atoms in total. The van der Waals surface area contributed by atoms with Crippen molar-refractivity contribution in [2.24, 2.45) is 0 Å². The van der Waals surface area contributed by atoms with Gasteiger partial charge in [0.25, 0.3) is 11.8 Å². The average Bonchev–Trinajstić information content (AvgIpc) is 3.65. The van der Waals surface area contributed by atoms with Crippen LogP contribution in [-0.4, -0.2) is 35.2 Å². The van der Waals surface area contributed by atoms with Gasteiger partial charge in [0.15, 0.2) is 0 Å². The second-order valence-electron chi connectivity index (χ2n) is 7.07. The molecule has 6 aromatic rings. The molecular formula is C24H15N7O2. The van der Waals surface area contributed by atoms with Crippen LogP contribution >= 0.6 is 0 Å². The van der Waals surface area contributed by atoms with Crippen LogP contribution < -0.4 is 0 Å². The van der Waals surface area contributed by atoms with Crippen molar-refractivity contribution in [1.29, 1.82) is 0 Å². The first-order valence-corrected chi connectivity index (χ1v) is 10.2. The molecule has 0 bridgehead atoms. The molecule has 0 aliphatic rings. The zero-order valence-corrected chi connectivity index (χ0v) is 17.1. The van der Waals surface area contributed by atoms with Crippen LogP contribution in [0.4, 0.5) is 0 Å².